The van der Waals surface area contributed by atoms with Gasteiger partial charge >= 0.3 is 5.97 Å². The fraction of sp³-hybridized carbons (Fsp3) is 0.250. The lowest BCUT2D eigenvalue weighted by molar-refractivity contribution is -0.117. The van der Waals surface area contributed by atoms with Gasteiger partial charge < -0.3 is 19.8 Å². The third-order valence-electron chi connectivity index (χ3n) is 3.31. The van der Waals surface area contributed by atoms with Crippen molar-refractivity contribution in [1.82, 2.24) is 0 Å². The fourth-order valence-corrected chi connectivity index (χ4v) is 2.12. The first kappa shape index (κ1) is 16.5. The molecule has 7 heteroatoms. The number of halogens is 1. The van der Waals surface area contributed by atoms with Crippen molar-refractivity contribution in [1.29, 1.82) is 0 Å². The molecule has 0 saturated carbocycles. The summed E-state index contributed by atoms with van der Waals surface area (Å²) in [6.07, 6.45) is 1.50. The van der Waals surface area contributed by atoms with Gasteiger partial charge in [-0.3, -0.25) is 4.79 Å². The molecule has 1 aromatic carbocycles. The van der Waals surface area contributed by atoms with E-state index in [0.29, 0.717) is 23.6 Å². The van der Waals surface area contributed by atoms with Crippen molar-refractivity contribution in [2.45, 2.75) is 13.0 Å². The predicted octanol–water partition coefficient (Wildman–Crippen LogP) is 2.09. The Labute approximate surface area is 132 Å². The monoisotopic (exact) mass is 320 g/mol. The minimum Gasteiger partial charge on any atom is -0.467 e. The van der Waals surface area contributed by atoms with Crippen LogP contribution in [0.4, 0.5) is 10.1 Å². The third kappa shape index (κ3) is 4.32. The molecule has 0 aliphatic rings. The van der Waals surface area contributed by atoms with Crippen molar-refractivity contribution in [3.05, 3.63) is 53.7 Å². The van der Waals surface area contributed by atoms with Gasteiger partial charge in [0.1, 0.15) is 17.1 Å². The summed E-state index contributed by atoms with van der Waals surface area (Å²) in [7, 11) is 1.28. The number of esters is 1. The van der Waals surface area contributed by atoms with Gasteiger partial charge in [0.05, 0.1) is 19.9 Å². The molecular weight excluding hydrogens is 303 g/mol. The number of furan rings is 1. The van der Waals surface area contributed by atoms with Gasteiger partial charge in [0.15, 0.2) is 0 Å². The standard InChI is InChI=1S/C16H17FN2O4/c1-22-16(21)13-7-9-23-14(13)10-19(8-6-15(18)20)12-4-2-11(17)3-5-12/h2-5,7,9H,6,8,10H2,1H3,(H2,18,20). The number of hydrogen-bond donors (Lipinski definition) is 1. The van der Waals surface area contributed by atoms with Crippen LogP contribution in [0.25, 0.3) is 0 Å². The first-order valence-electron chi connectivity index (χ1n) is 6.94. The Kier molecular flexibility index (Phi) is 5.35. The molecule has 2 rings (SSSR count). The molecule has 2 N–H and O–H groups in total. The summed E-state index contributed by atoms with van der Waals surface area (Å²) in [5.74, 6) is -0.935. The highest BCUT2D eigenvalue weighted by Crippen LogP contribution is 2.21. The molecule has 6 nitrogen and oxygen atoms in total. The Morgan fingerprint density at radius 2 is 1.96 bits per heavy atom. The Morgan fingerprint density at radius 1 is 1.26 bits per heavy atom. The number of hydrogen-bond acceptors (Lipinski definition) is 5. The van der Waals surface area contributed by atoms with Crippen LogP contribution in [-0.2, 0) is 16.1 Å². The summed E-state index contributed by atoms with van der Waals surface area (Å²) in [5.41, 5.74) is 6.18. The number of benzene rings is 1. The van der Waals surface area contributed by atoms with Crippen LogP contribution in [0.15, 0.2) is 41.0 Å². The van der Waals surface area contributed by atoms with E-state index in [1.807, 2.05) is 0 Å². The van der Waals surface area contributed by atoms with Crippen LogP contribution in [0.5, 0.6) is 0 Å². The largest absolute Gasteiger partial charge is 0.467 e. The van der Waals surface area contributed by atoms with Crippen LogP contribution in [0, 0.1) is 5.82 Å². The molecule has 122 valence electrons. The minimum atomic E-state index is -0.511. The second kappa shape index (κ2) is 7.44. The van der Waals surface area contributed by atoms with Crippen LogP contribution in [0.2, 0.25) is 0 Å². The highest BCUT2D eigenvalue weighted by atomic mass is 19.1. The van der Waals surface area contributed by atoms with Gasteiger partial charge in [-0.15, -0.1) is 0 Å². The average Bonchev–Trinajstić information content (AvgIpc) is 2.99. The molecule has 2 aromatic rings. The third-order valence-corrected chi connectivity index (χ3v) is 3.31. The maximum absolute atomic E-state index is 13.1. The molecule has 0 fully saturated rings. The molecule has 23 heavy (non-hydrogen) atoms. The molecule has 1 heterocycles. The minimum absolute atomic E-state index is 0.117. The maximum atomic E-state index is 13.1. The van der Waals surface area contributed by atoms with Crippen LogP contribution < -0.4 is 10.6 Å². The molecule has 1 amide bonds. The van der Waals surface area contributed by atoms with E-state index in [1.165, 1.54) is 31.6 Å². The molecule has 1 aromatic heterocycles. The molecule has 0 bridgehead atoms. The SMILES string of the molecule is COC(=O)c1ccoc1CN(CCC(N)=O)c1ccc(F)cc1. The first-order chi connectivity index (χ1) is 11.0. The van der Waals surface area contributed by atoms with E-state index in [2.05, 4.69) is 0 Å². The van der Waals surface area contributed by atoms with Gasteiger partial charge in [-0.05, 0) is 30.3 Å². The quantitative estimate of drug-likeness (QED) is 0.790. The zero-order chi connectivity index (χ0) is 16.8. The number of carbonyl (C=O) groups excluding carboxylic acids is 2. The van der Waals surface area contributed by atoms with Gasteiger partial charge in [-0.25, -0.2) is 9.18 Å². The molecule has 0 aliphatic heterocycles. The Morgan fingerprint density at radius 3 is 2.57 bits per heavy atom. The number of primary amides is 1. The number of amides is 1. The average molecular weight is 320 g/mol. The van der Waals surface area contributed by atoms with E-state index in [4.69, 9.17) is 14.9 Å². The van der Waals surface area contributed by atoms with Gasteiger partial charge in [0, 0.05) is 18.7 Å². The van der Waals surface area contributed by atoms with Crippen molar-refractivity contribution in [2.75, 3.05) is 18.6 Å². The Balaban J connectivity index is 2.24. The predicted molar refractivity (Wildman–Crippen MR) is 81.3 cm³/mol. The highest BCUT2D eigenvalue weighted by molar-refractivity contribution is 5.90. The van der Waals surface area contributed by atoms with E-state index < -0.39 is 11.9 Å². The van der Waals surface area contributed by atoms with Gasteiger partial charge in [-0.2, -0.15) is 0 Å². The summed E-state index contributed by atoms with van der Waals surface area (Å²) in [6.45, 7) is 0.526. The summed E-state index contributed by atoms with van der Waals surface area (Å²) >= 11 is 0. The van der Waals surface area contributed by atoms with Crippen molar-refractivity contribution in [3.8, 4) is 0 Å². The number of methoxy groups -OCH3 is 1. The number of ether oxygens (including phenoxy) is 1. The number of nitrogens with zero attached hydrogens (tertiary/aromatic N) is 1. The lowest BCUT2D eigenvalue weighted by atomic mass is 10.2. The highest BCUT2D eigenvalue weighted by Gasteiger charge is 2.18. The van der Waals surface area contributed by atoms with E-state index in [1.54, 1.807) is 17.0 Å². The van der Waals surface area contributed by atoms with Gasteiger partial charge in [0.25, 0.3) is 0 Å². The number of carbonyl (C=O) groups is 2. The summed E-state index contributed by atoms with van der Waals surface area (Å²) in [6, 6.07) is 7.30. The zero-order valence-electron chi connectivity index (χ0n) is 12.6. The lowest BCUT2D eigenvalue weighted by Crippen LogP contribution is -2.28. The maximum Gasteiger partial charge on any atom is 0.341 e. The van der Waals surface area contributed by atoms with E-state index >= 15 is 0 Å². The Hall–Kier alpha value is -2.83. The fourth-order valence-electron chi connectivity index (χ4n) is 2.12. The van der Waals surface area contributed by atoms with Gasteiger partial charge in [-0.1, -0.05) is 0 Å². The van der Waals surface area contributed by atoms with Crippen molar-refractivity contribution in [2.24, 2.45) is 5.73 Å². The molecule has 0 aliphatic carbocycles. The number of rotatable bonds is 7. The van der Waals surface area contributed by atoms with Crippen LogP contribution in [-0.4, -0.2) is 25.5 Å². The number of nitrogens with two attached hydrogens (primary N) is 1. The van der Waals surface area contributed by atoms with Gasteiger partial charge in [0.2, 0.25) is 5.91 Å². The van der Waals surface area contributed by atoms with Crippen molar-refractivity contribution in [3.63, 3.8) is 0 Å². The van der Waals surface area contributed by atoms with Crippen LogP contribution in [0.1, 0.15) is 22.5 Å². The second-order valence-electron chi connectivity index (χ2n) is 4.86. The van der Waals surface area contributed by atoms with E-state index in [0.717, 1.165) is 0 Å². The van der Waals surface area contributed by atoms with Crippen molar-refractivity contribution >= 4 is 17.6 Å². The summed E-state index contributed by atoms with van der Waals surface area (Å²) in [4.78, 5) is 24.5. The lowest BCUT2D eigenvalue weighted by Gasteiger charge is -2.23. The van der Waals surface area contributed by atoms with Crippen LogP contribution in [0.3, 0.4) is 0 Å². The molecule has 0 saturated heterocycles. The van der Waals surface area contributed by atoms with Crippen molar-refractivity contribution < 1.29 is 23.1 Å². The molecule has 0 spiro atoms. The second-order valence-corrected chi connectivity index (χ2v) is 4.86. The van der Waals surface area contributed by atoms with Crippen LogP contribution >= 0.6 is 0 Å². The normalized spacial score (nSPS) is 10.3. The Bertz CT molecular complexity index is 682. The molecular formula is C16H17FN2O4. The first-order valence-corrected chi connectivity index (χ1v) is 6.94. The van der Waals surface area contributed by atoms with E-state index in [9.17, 15) is 14.0 Å². The summed E-state index contributed by atoms with van der Waals surface area (Å²) < 4.78 is 23.1. The molecule has 0 unspecified atom stereocenters. The topological polar surface area (TPSA) is 85.8 Å². The smallest absolute Gasteiger partial charge is 0.341 e. The van der Waals surface area contributed by atoms with E-state index in [-0.39, 0.29) is 18.8 Å². The summed E-state index contributed by atoms with van der Waals surface area (Å²) in [5, 5.41) is 0. The molecule has 0 radical (unpaired) electrons. The molecule has 0 atom stereocenters. The number of anilines is 1. The zero-order valence-corrected chi connectivity index (χ0v) is 12.6.